The third-order valence-electron chi connectivity index (χ3n) is 6.93. The first-order valence-electron chi connectivity index (χ1n) is 13.5. The number of benzene rings is 4. The Balaban J connectivity index is 1.38. The Hall–Kier alpha value is -3.99. The van der Waals surface area contributed by atoms with E-state index < -0.39 is 28.6 Å². The first kappa shape index (κ1) is 29.5. The van der Waals surface area contributed by atoms with Crippen molar-refractivity contribution in [3.8, 4) is 5.75 Å². The number of amides is 2. The molecule has 0 fully saturated rings. The molecule has 1 aliphatic rings. The summed E-state index contributed by atoms with van der Waals surface area (Å²) in [5.41, 5.74) is 2.37. The molecule has 2 amide bonds. The molecule has 0 saturated heterocycles. The molecule has 0 radical (unpaired) electrons. The highest BCUT2D eigenvalue weighted by Gasteiger charge is 2.36. The van der Waals surface area contributed by atoms with Crippen LogP contribution in [0.1, 0.15) is 11.1 Å². The molecule has 1 N–H and O–H groups in total. The lowest BCUT2D eigenvalue weighted by Crippen LogP contribution is -2.53. The van der Waals surface area contributed by atoms with Gasteiger partial charge in [0.05, 0.1) is 23.7 Å². The Kier molecular flexibility index (Phi) is 9.36. The van der Waals surface area contributed by atoms with E-state index in [1.54, 1.807) is 36.4 Å². The van der Waals surface area contributed by atoms with Crippen molar-refractivity contribution in [1.82, 2.24) is 9.62 Å². The van der Waals surface area contributed by atoms with Crippen LogP contribution in [0.5, 0.6) is 5.75 Å². The van der Waals surface area contributed by atoms with E-state index in [1.807, 2.05) is 60.7 Å². The van der Waals surface area contributed by atoms with Gasteiger partial charge < -0.3 is 15.0 Å². The fourth-order valence-electron chi connectivity index (χ4n) is 4.68. The summed E-state index contributed by atoms with van der Waals surface area (Å²) in [6.45, 7) is -0.0474. The topological polar surface area (TPSA) is 96.0 Å². The van der Waals surface area contributed by atoms with Gasteiger partial charge in [-0.2, -0.15) is 4.31 Å². The van der Waals surface area contributed by atoms with E-state index in [1.165, 1.54) is 21.3 Å². The van der Waals surface area contributed by atoms with E-state index >= 15 is 0 Å². The normalized spacial score (nSPS) is 14.6. The van der Waals surface area contributed by atoms with Crippen LogP contribution >= 0.6 is 15.9 Å². The Morgan fingerprint density at radius 1 is 0.857 bits per heavy atom. The molecule has 1 aliphatic heterocycles. The van der Waals surface area contributed by atoms with Gasteiger partial charge in [0.25, 0.3) is 5.91 Å². The van der Waals surface area contributed by atoms with Gasteiger partial charge in [0.15, 0.2) is 6.10 Å². The van der Waals surface area contributed by atoms with Gasteiger partial charge in [0, 0.05) is 17.6 Å². The summed E-state index contributed by atoms with van der Waals surface area (Å²) in [6.07, 6.45) is -0.540. The zero-order valence-electron chi connectivity index (χ0n) is 22.7. The van der Waals surface area contributed by atoms with E-state index in [0.717, 1.165) is 15.6 Å². The molecule has 5 rings (SSSR count). The molecule has 216 valence electrons. The smallest absolute Gasteiger partial charge is 0.263 e. The number of para-hydroxylation sites is 2. The number of carbonyl (C=O) groups excluding carboxylic acids is 2. The van der Waals surface area contributed by atoms with Crippen LogP contribution in [0.25, 0.3) is 0 Å². The average Bonchev–Trinajstić information content (AvgIpc) is 3.02. The Labute approximate surface area is 254 Å². The van der Waals surface area contributed by atoms with Gasteiger partial charge in [-0.3, -0.25) is 9.59 Å². The van der Waals surface area contributed by atoms with Crippen LogP contribution in [0.2, 0.25) is 0 Å². The van der Waals surface area contributed by atoms with Gasteiger partial charge in [-0.15, -0.1) is 0 Å². The van der Waals surface area contributed by atoms with Crippen molar-refractivity contribution in [2.45, 2.75) is 24.0 Å². The first-order chi connectivity index (χ1) is 20.3. The molecule has 4 aromatic carbocycles. The second kappa shape index (κ2) is 13.3. The minimum atomic E-state index is -4.01. The van der Waals surface area contributed by atoms with Crippen LogP contribution in [0, 0.1) is 0 Å². The van der Waals surface area contributed by atoms with Crippen LogP contribution in [0.4, 0.5) is 5.69 Å². The van der Waals surface area contributed by atoms with Crippen LogP contribution in [0.15, 0.2) is 119 Å². The SMILES string of the molecule is O=C(NCc1ccccc1)[C@H]1CN(C(=O)CN(CCc2ccccc2)S(=O)(=O)c2ccc(Br)cc2)c2ccccc2O1. The highest BCUT2D eigenvalue weighted by atomic mass is 79.9. The molecule has 4 aromatic rings. The standard InChI is InChI=1S/C32H30BrN3O5S/c33-26-15-17-27(18-16-26)42(39,40)35(20-19-24-9-3-1-4-10-24)23-31(37)36-22-30(41-29-14-8-7-13-28(29)36)32(38)34-21-25-11-5-2-6-12-25/h1-18,30H,19-23H2,(H,34,38)/t30-/m1/s1. The summed E-state index contributed by atoms with van der Waals surface area (Å²) in [7, 11) is -4.01. The zero-order chi connectivity index (χ0) is 29.5. The number of nitrogens with one attached hydrogen (secondary N) is 1. The van der Waals surface area contributed by atoms with Crippen molar-refractivity contribution < 1.29 is 22.7 Å². The Morgan fingerprint density at radius 3 is 2.17 bits per heavy atom. The summed E-state index contributed by atoms with van der Waals surface area (Å²) in [5.74, 6) is -0.446. The largest absolute Gasteiger partial charge is 0.477 e. The molecule has 8 nitrogen and oxygen atoms in total. The molecule has 0 spiro atoms. The molecule has 0 aromatic heterocycles. The number of halogens is 1. The number of nitrogens with zero attached hydrogens (tertiary/aromatic N) is 2. The molecule has 0 aliphatic carbocycles. The molecule has 0 bridgehead atoms. The average molecular weight is 649 g/mol. The van der Waals surface area contributed by atoms with Crippen molar-refractivity contribution in [3.63, 3.8) is 0 Å². The molecule has 0 unspecified atom stereocenters. The summed E-state index contributed by atoms with van der Waals surface area (Å²) >= 11 is 3.35. The van der Waals surface area contributed by atoms with E-state index in [0.29, 0.717) is 24.4 Å². The second-order valence-corrected chi connectivity index (χ2v) is 12.7. The maximum atomic E-state index is 13.9. The number of hydrogen-bond donors (Lipinski definition) is 1. The van der Waals surface area contributed by atoms with Gasteiger partial charge in [0.2, 0.25) is 15.9 Å². The second-order valence-electron chi connectivity index (χ2n) is 9.81. The van der Waals surface area contributed by atoms with Gasteiger partial charge >= 0.3 is 0 Å². The minimum absolute atomic E-state index is 0.0542. The van der Waals surface area contributed by atoms with E-state index in [-0.39, 0.29) is 23.9 Å². The summed E-state index contributed by atoms with van der Waals surface area (Å²) < 4.78 is 35.5. The maximum Gasteiger partial charge on any atom is 0.263 e. The van der Waals surface area contributed by atoms with E-state index in [4.69, 9.17) is 4.74 Å². The number of carbonyl (C=O) groups is 2. The number of sulfonamides is 1. The Bertz CT molecular complexity index is 1630. The molecule has 42 heavy (non-hydrogen) atoms. The summed E-state index contributed by atoms with van der Waals surface area (Å²) in [6, 6.07) is 32.3. The van der Waals surface area contributed by atoms with Gasteiger partial charge in [-0.1, -0.05) is 88.7 Å². The number of hydrogen-bond acceptors (Lipinski definition) is 5. The van der Waals surface area contributed by atoms with Crippen LogP contribution in [-0.2, 0) is 32.6 Å². The predicted molar refractivity (Wildman–Crippen MR) is 165 cm³/mol. The van der Waals surface area contributed by atoms with Crippen molar-refractivity contribution in [3.05, 3.63) is 125 Å². The quantitative estimate of drug-likeness (QED) is 0.267. The number of ether oxygens (including phenoxy) is 1. The van der Waals surface area contributed by atoms with Gasteiger partial charge in [0.1, 0.15) is 5.75 Å². The Morgan fingerprint density at radius 2 is 1.48 bits per heavy atom. The van der Waals surface area contributed by atoms with Crippen molar-refractivity contribution in [1.29, 1.82) is 0 Å². The number of rotatable bonds is 10. The maximum absolute atomic E-state index is 13.9. The molecular weight excluding hydrogens is 618 g/mol. The van der Waals surface area contributed by atoms with Crippen LogP contribution in [0.3, 0.4) is 0 Å². The lowest BCUT2D eigenvalue weighted by Gasteiger charge is -2.35. The molecule has 10 heteroatoms. The molecule has 1 atom stereocenters. The lowest BCUT2D eigenvalue weighted by molar-refractivity contribution is -0.128. The fraction of sp³-hybridized carbons (Fsp3) is 0.188. The van der Waals surface area contributed by atoms with Crippen molar-refractivity contribution in [2.24, 2.45) is 0 Å². The first-order valence-corrected chi connectivity index (χ1v) is 15.7. The molecule has 0 saturated carbocycles. The van der Waals surface area contributed by atoms with E-state index in [2.05, 4.69) is 21.2 Å². The fourth-order valence-corrected chi connectivity index (χ4v) is 6.34. The minimum Gasteiger partial charge on any atom is -0.477 e. The highest BCUT2D eigenvalue weighted by Crippen LogP contribution is 2.33. The van der Waals surface area contributed by atoms with Crippen molar-refractivity contribution in [2.75, 3.05) is 24.5 Å². The van der Waals surface area contributed by atoms with E-state index in [9.17, 15) is 18.0 Å². The third kappa shape index (κ3) is 7.07. The molecular formula is C32H30BrN3O5S. The zero-order valence-corrected chi connectivity index (χ0v) is 25.1. The summed E-state index contributed by atoms with van der Waals surface area (Å²) in [4.78, 5) is 28.5. The van der Waals surface area contributed by atoms with Crippen LogP contribution in [-0.4, -0.2) is 50.3 Å². The van der Waals surface area contributed by atoms with Crippen molar-refractivity contribution >= 4 is 43.5 Å². The van der Waals surface area contributed by atoms with Gasteiger partial charge in [-0.25, -0.2) is 8.42 Å². The third-order valence-corrected chi connectivity index (χ3v) is 9.32. The highest BCUT2D eigenvalue weighted by molar-refractivity contribution is 9.10. The molecule has 1 heterocycles. The van der Waals surface area contributed by atoms with Gasteiger partial charge in [-0.05, 0) is 53.9 Å². The number of anilines is 1. The number of fused-ring (bicyclic) bond motifs is 1. The lowest BCUT2D eigenvalue weighted by atomic mass is 10.1. The van der Waals surface area contributed by atoms with Crippen LogP contribution < -0.4 is 15.0 Å². The predicted octanol–water partition coefficient (Wildman–Crippen LogP) is 4.79. The monoisotopic (exact) mass is 647 g/mol. The summed E-state index contributed by atoms with van der Waals surface area (Å²) in [5, 5.41) is 2.88.